The van der Waals surface area contributed by atoms with Gasteiger partial charge in [0.15, 0.2) is 0 Å². The lowest BCUT2D eigenvalue weighted by Crippen LogP contribution is -2.16. The summed E-state index contributed by atoms with van der Waals surface area (Å²) in [4.78, 5) is 26.0. The van der Waals surface area contributed by atoms with Crippen LogP contribution < -0.4 is 4.74 Å². The fourth-order valence-corrected chi connectivity index (χ4v) is 1.87. The zero-order chi connectivity index (χ0) is 16.1. The monoisotopic (exact) mass is 304 g/mol. The number of nitrogens with zero attached hydrogens (tertiary/aromatic N) is 2. The summed E-state index contributed by atoms with van der Waals surface area (Å²) in [5, 5.41) is 11.4. The molecular formula is C15H16N2O5. The second-order valence-electron chi connectivity index (χ2n) is 4.91. The molecule has 0 aliphatic carbocycles. The Balaban J connectivity index is 2.11. The minimum Gasteiger partial charge on any atom is -0.488 e. The molecule has 0 radical (unpaired) electrons. The van der Waals surface area contributed by atoms with Crippen molar-refractivity contribution in [2.45, 2.75) is 13.8 Å². The van der Waals surface area contributed by atoms with Gasteiger partial charge >= 0.3 is 5.97 Å². The van der Waals surface area contributed by atoms with Crippen molar-refractivity contribution in [3.8, 4) is 5.75 Å². The van der Waals surface area contributed by atoms with Crippen LogP contribution in [0.1, 0.15) is 13.8 Å². The third kappa shape index (κ3) is 3.49. The highest BCUT2D eigenvalue weighted by Gasteiger charge is 2.15. The van der Waals surface area contributed by atoms with Crippen LogP contribution in [0.4, 0.5) is 5.69 Å². The van der Waals surface area contributed by atoms with E-state index < -0.39 is 4.92 Å². The summed E-state index contributed by atoms with van der Waals surface area (Å²) in [5.41, 5.74) is 0.383. The third-order valence-corrected chi connectivity index (χ3v) is 2.96. The molecule has 0 saturated carbocycles. The number of carbonyl (C=O) groups is 1. The van der Waals surface area contributed by atoms with Gasteiger partial charge in [-0.3, -0.25) is 19.9 Å². The van der Waals surface area contributed by atoms with Gasteiger partial charge in [-0.25, -0.2) is 0 Å². The number of non-ortho nitro benzene ring substituents is 1. The summed E-state index contributed by atoms with van der Waals surface area (Å²) >= 11 is 0. The molecule has 1 heterocycles. The normalized spacial score (nSPS) is 10.7. The number of fused-ring (bicyclic) bond motifs is 1. The molecule has 7 nitrogen and oxygen atoms in total. The molecule has 0 saturated heterocycles. The molecule has 0 aliphatic heterocycles. The molecule has 2 aromatic rings. The SMILES string of the molecule is CC(C)C(=O)OCCOc1ccc([N+](=O)[O-])c2cccnc12. The van der Waals surface area contributed by atoms with Gasteiger partial charge in [0.05, 0.1) is 16.2 Å². The number of esters is 1. The summed E-state index contributed by atoms with van der Waals surface area (Å²) < 4.78 is 10.5. The molecule has 7 heteroatoms. The largest absolute Gasteiger partial charge is 0.488 e. The van der Waals surface area contributed by atoms with Gasteiger partial charge in [-0.2, -0.15) is 0 Å². The molecule has 0 amide bonds. The highest BCUT2D eigenvalue weighted by molar-refractivity contribution is 5.92. The number of pyridine rings is 1. The Kier molecular flexibility index (Phi) is 4.88. The predicted molar refractivity (Wildman–Crippen MR) is 79.7 cm³/mol. The Labute approximate surface area is 127 Å². The molecule has 116 valence electrons. The number of aromatic nitrogens is 1. The summed E-state index contributed by atoms with van der Waals surface area (Å²) in [6, 6.07) is 6.12. The lowest BCUT2D eigenvalue weighted by molar-refractivity contribution is -0.383. The van der Waals surface area contributed by atoms with Gasteiger partial charge in [0.2, 0.25) is 0 Å². The van der Waals surface area contributed by atoms with Crippen LogP contribution in [0.2, 0.25) is 0 Å². The molecule has 1 aromatic heterocycles. The molecule has 0 N–H and O–H groups in total. The Bertz CT molecular complexity index is 699. The molecule has 2 rings (SSSR count). The second-order valence-corrected chi connectivity index (χ2v) is 4.91. The topological polar surface area (TPSA) is 91.6 Å². The molecule has 0 bridgehead atoms. The minimum absolute atomic E-state index is 0.0262. The Morgan fingerprint density at radius 1 is 1.32 bits per heavy atom. The van der Waals surface area contributed by atoms with Crippen molar-refractivity contribution in [1.29, 1.82) is 0 Å². The fraction of sp³-hybridized carbons (Fsp3) is 0.333. The van der Waals surface area contributed by atoms with Crippen LogP contribution >= 0.6 is 0 Å². The molecule has 0 atom stereocenters. The van der Waals surface area contributed by atoms with Crippen LogP contribution in [0.3, 0.4) is 0 Å². The van der Waals surface area contributed by atoms with Crippen LogP contribution in [-0.2, 0) is 9.53 Å². The number of benzene rings is 1. The quantitative estimate of drug-likeness (QED) is 0.352. The van der Waals surface area contributed by atoms with E-state index >= 15 is 0 Å². The first-order valence-corrected chi connectivity index (χ1v) is 6.82. The predicted octanol–water partition coefficient (Wildman–Crippen LogP) is 2.72. The van der Waals surface area contributed by atoms with E-state index in [1.54, 1.807) is 26.0 Å². The number of rotatable bonds is 6. The number of carbonyl (C=O) groups excluding carboxylic acids is 1. The molecule has 0 aliphatic rings. The van der Waals surface area contributed by atoms with E-state index in [0.29, 0.717) is 16.7 Å². The molecular weight excluding hydrogens is 288 g/mol. The standard InChI is InChI=1S/C15H16N2O5/c1-10(2)15(18)22-9-8-21-13-6-5-12(17(19)20)11-4-3-7-16-14(11)13/h3-7,10H,8-9H2,1-2H3. The van der Waals surface area contributed by atoms with Crippen molar-refractivity contribution in [2.24, 2.45) is 5.92 Å². The summed E-state index contributed by atoms with van der Waals surface area (Å²) in [5.74, 6) is -0.0704. The molecule has 0 unspecified atom stereocenters. The average molecular weight is 304 g/mol. The second kappa shape index (κ2) is 6.84. The maximum absolute atomic E-state index is 11.3. The molecule has 1 aromatic carbocycles. The first-order valence-electron chi connectivity index (χ1n) is 6.82. The highest BCUT2D eigenvalue weighted by atomic mass is 16.6. The summed E-state index contributed by atoms with van der Waals surface area (Å²) in [7, 11) is 0. The van der Waals surface area contributed by atoms with Crippen LogP contribution in [0.5, 0.6) is 5.75 Å². The number of hydrogen-bond acceptors (Lipinski definition) is 6. The van der Waals surface area contributed by atoms with Gasteiger partial charge in [-0.1, -0.05) is 13.8 Å². The van der Waals surface area contributed by atoms with Gasteiger partial charge in [0.1, 0.15) is 24.5 Å². The van der Waals surface area contributed by atoms with E-state index in [1.165, 1.54) is 18.3 Å². The number of hydrogen-bond donors (Lipinski definition) is 0. The van der Waals surface area contributed by atoms with Crippen molar-refractivity contribution < 1.29 is 19.2 Å². The number of ether oxygens (including phenoxy) is 2. The highest BCUT2D eigenvalue weighted by Crippen LogP contribution is 2.31. The van der Waals surface area contributed by atoms with Crippen molar-refractivity contribution in [1.82, 2.24) is 4.98 Å². The summed E-state index contributed by atoms with van der Waals surface area (Å²) in [6.07, 6.45) is 1.54. The maximum atomic E-state index is 11.3. The lowest BCUT2D eigenvalue weighted by atomic mass is 10.1. The van der Waals surface area contributed by atoms with Gasteiger partial charge in [-0.15, -0.1) is 0 Å². The zero-order valence-electron chi connectivity index (χ0n) is 12.3. The number of nitro benzene ring substituents is 1. The minimum atomic E-state index is -0.460. The molecule has 22 heavy (non-hydrogen) atoms. The Morgan fingerprint density at radius 3 is 2.77 bits per heavy atom. The third-order valence-electron chi connectivity index (χ3n) is 2.96. The first kappa shape index (κ1) is 15.7. The van der Waals surface area contributed by atoms with Crippen molar-refractivity contribution in [3.05, 3.63) is 40.6 Å². The van der Waals surface area contributed by atoms with Gasteiger partial charge < -0.3 is 9.47 Å². The van der Waals surface area contributed by atoms with E-state index in [4.69, 9.17) is 9.47 Å². The van der Waals surface area contributed by atoms with Gasteiger partial charge in [-0.05, 0) is 18.2 Å². The van der Waals surface area contributed by atoms with E-state index in [2.05, 4.69) is 4.98 Å². The van der Waals surface area contributed by atoms with Gasteiger partial charge in [0, 0.05) is 12.3 Å². The molecule has 0 fully saturated rings. The Morgan fingerprint density at radius 2 is 2.09 bits per heavy atom. The Hall–Kier alpha value is -2.70. The fourth-order valence-electron chi connectivity index (χ4n) is 1.87. The van der Waals surface area contributed by atoms with E-state index in [1.807, 2.05) is 0 Å². The van der Waals surface area contributed by atoms with E-state index in [9.17, 15) is 14.9 Å². The van der Waals surface area contributed by atoms with Crippen molar-refractivity contribution >= 4 is 22.6 Å². The van der Waals surface area contributed by atoms with Crippen LogP contribution in [0.25, 0.3) is 10.9 Å². The first-order chi connectivity index (χ1) is 10.5. The average Bonchev–Trinajstić information content (AvgIpc) is 2.50. The lowest BCUT2D eigenvalue weighted by Gasteiger charge is -2.10. The molecule has 0 spiro atoms. The van der Waals surface area contributed by atoms with E-state index in [-0.39, 0.29) is 30.8 Å². The van der Waals surface area contributed by atoms with Gasteiger partial charge in [0.25, 0.3) is 5.69 Å². The van der Waals surface area contributed by atoms with E-state index in [0.717, 1.165) is 0 Å². The van der Waals surface area contributed by atoms with Crippen LogP contribution in [0.15, 0.2) is 30.5 Å². The smallest absolute Gasteiger partial charge is 0.308 e. The number of nitro groups is 1. The van der Waals surface area contributed by atoms with Crippen molar-refractivity contribution in [2.75, 3.05) is 13.2 Å². The maximum Gasteiger partial charge on any atom is 0.308 e. The van der Waals surface area contributed by atoms with Crippen LogP contribution in [0, 0.1) is 16.0 Å². The summed E-state index contributed by atoms with van der Waals surface area (Å²) in [6.45, 7) is 3.76. The van der Waals surface area contributed by atoms with Crippen molar-refractivity contribution in [3.63, 3.8) is 0 Å². The zero-order valence-corrected chi connectivity index (χ0v) is 12.3. The van der Waals surface area contributed by atoms with Crippen LogP contribution in [-0.4, -0.2) is 29.1 Å².